The zero-order valence-corrected chi connectivity index (χ0v) is 8.84. The third kappa shape index (κ3) is 1.83. The number of fused-ring (bicyclic) bond motifs is 1. The van der Waals surface area contributed by atoms with Crippen molar-refractivity contribution in [3.8, 4) is 0 Å². The van der Waals surface area contributed by atoms with Gasteiger partial charge in [-0.25, -0.2) is 4.98 Å². The number of hydrogen-bond donors (Lipinski definition) is 0. The second-order valence-electron chi connectivity index (χ2n) is 2.45. The molecule has 0 saturated carbocycles. The zero-order chi connectivity index (χ0) is 9.84. The fraction of sp³-hybridized carbons (Fsp3) is 0.300. The van der Waals surface area contributed by atoms with Gasteiger partial charge in [0.1, 0.15) is 5.65 Å². The van der Waals surface area contributed by atoms with Crippen LogP contribution in [0, 0.1) is 6.92 Å². The van der Waals surface area contributed by atoms with Crippen LogP contribution in [-0.4, -0.2) is 9.38 Å². The molecule has 0 spiro atoms. The first-order chi connectivity index (χ1) is 6.29. The van der Waals surface area contributed by atoms with Gasteiger partial charge in [0.15, 0.2) is 0 Å². The smallest absolute Gasteiger partial charge is 0.141 e. The molecule has 0 aromatic carbocycles. The van der Waals surface area contributed by atoms with Crippen molar-refractivity contribution in [3.63, 3.8) is 0 Å². The number of aryl methyl sites for hydroxylation is 1. The Kier molecular flexibility index (Phi) is 3.32. The van der Waals surface area contributed by atoms with E-state index < -0.39 is 0 Å². The number of rotatable bonds is 0. The van der Waals surface area contributed by atoms with Crippen LogP contribution < -0.4 is 0 Å². The van der Waals surface area contributed by atoms with Crippen LogP contribution in [0.1, 0.15) is 19.4 Å². The molecule has 0 amide bonds. The van der Waals surface area contributed by atoms with E-state index in [1.54, 1.807) is 6.20 Å². The monoisotopic (exact) mass is 196 g/mol. The lowest BCUT2D eigenvalue weighted by Crippen LogP contribution is -1.86. The van der Waals surface area contributed by atoms with Gasteiger partial charge in [0.05, 0.1) is 0 Å². The molecule has 0 aliphatic carbocycles. The Morgan fingerprint density at radius 2 is 2.00 bits per heavy atom. The lowest BCUT2D eigenvalue weighted by atomic mass is 10.3. The van der Waals surface area contributed by atoms with Crippen LogP contribution in [0.2, 0.25) is 5.02 Å². The summed E-state index contributed by atoms with van der Waals surface area (Å²) in [4.78, 5) is 4.16. The highest BCUT2D eigenvalue weighted by Crippen LogP contribution is 2.17. The Labute approximate surface area is 83.2 Å². The summed E-state index contributed by atoms with van der Waals surface area (Å²) >= 11 is 5.89. The molecule has 2 nitrogen and oxygen atoms in total. The van der Waals surface area contributed by atoms with E-state index in [9.17, 15) is 0 Å². The van der Waals surface area contributed by atoms with E-state index in [0.717, 1.165) is 16.2 Å². The predicted octanol–water partition coefficient (Wildman–Crippen LogP) is 3.32. The normalized spacial score (nSPS) is 9.54. The Morgan fingerprint density at radius 3 is 2.69 bits per heavy atom. The van der Waals surface area contributed by atoms with Crippen LogP contribution in [0.4, 0.5) is 0 Å². The summed E-state index contributed by atoms with van der Waals surface area (Å²) in [6.07, 6.45) is 5.56. The lowest BCUT2D eigenvalue weighted by molar-refractivity contribution is 1.16. The molecule has 0 saturated heterocycles. The quantitative estimate of drug-likeness (QED) is 0.632. The SMILES string of the molecule is CC.Cc1c(Cl)ccn2ccnc12. The van der Waals surface area contributed by atoms with Gasteiger partial charge in [-0.3, -0.25) is 0 Å². The number of nitrogens with zero attached hydrogens (tertiary/aromatic N) is 2. The predicted molar refractivity (Wildman–Crippen MR) is 56.3 cm³/mol. The van der Waals surface area contributed by atoms with Gasteiger partial charge < -0.3 is 4.40 Å². The molecule has 2 aromatic heterocycles. The highest BCUT2D eigenvalue weighted by Gasteiger charge is 2.00. The summed E-state index contributed by atoms with van der Waals surface area (Å²) in [6.45, 7) is 5.96. The van der Waals surface area contributed by atoms with E-state index in [4.69, 9.17) is 11.6 Å². The maximum Gasteiger partial charge on any atom is 0.141 e. The first-order valence-corrected chi connectivity index (χ1v) is 4.74. The topological polar surface area (TPSA) is 17.3 Å². The molecule has 0 fully saturated rings. The second-order valence-corrected chi connectivity index (χ2v) is 2.85. The highest BCUT2D eigenvalue weighted by atomic mass is 35.5. The van der Waals surface area contributed by atoms with Crippen molar-refractivity contribution in [2.75, 3.05) is 0 Å². The minimum atomic E-state index is 0.767. The average molecular weight is 197 g/mol. The molecule has 0 unspecified atom stereocenters. The molecular weight excluding hydrogens is 184 g/mol. The van der Waals surface area contributed by atoms with E-state index in [1.807, 2.05) is 43.6 Å². The minimum absolute atomic E-state index is 0.767. The van der Waals surface area contributed by atoms with Crippen LogP contribution in [0.5, 0.6) is 0 Å². The molecule has 3 heteroatoms. The number of hydrogen-bond acceptors (Lipinski definition) is 1. The van der Waals surface area contributed by atoms with Gasteiger partial charge in [-0.2, -0.15) is 0 Å². The summed E-state index contributed by atoms with van der Waals surface area (Å²) in [5.41, 5.74) is 1.96. The Balaban J connectivity index is 0.000000396. The molecular formula is C10H13ClN2. The highest BCUT2D eigenvalue weighted by molar-refractivity contribution is 6.31. The molecule has 2 rings (SSSR count). The van der Waals surface area contributed by atoms with E-state index in [2.05, 4.69) is 4.98 Å². The van der Waals surface area contributed by atoms with Gasteiger partial charge in [0.2, 0.25) is 0 Å². The second kappa shape index (κ2) is 4.28. The Hall–Kier alpha value is -1.02. The fourth-order valence-electron chi connectivity index (χ4n) is 1.10. The fourth-order valence-corrected chi connectivity index (χ4v) is 1.24. The number of halogens is 1. The van der Waals surface area contributed by atoms with Crippen LogP contribution in [0.15, 0.2) is 24.7 Å². The van der Waals surface area contributed by atoms with Crippen LogP contribution in [-0.2, 0) is 0 Å². The van der Waals surface area contributed by atoms with Crippen molar-refractivity contribution in [1.82, 2.24) is 9.38 Å². The average Bonchev–Trinajstić information content (AvgIpc) is 2.63. The van der Waals surface area contributed by atoms with Gasteiger partial charge in [-0.05, 0) is 13.0 Å². The largest absolute Gasteiger partial charge is 0.307 e. The summed E-state index contributed by atoms with van der Waals surface area (Å²) in [6, 6.07) is 1.87. The van der Waals surface area contributed by atoms with Crippen LogP contribution in [0.3, 0.4) is 0 Å². The van der Waals surface area contributed by atoms with Gasteiger partial charge in [-0.1, -0.05) is 25.4 Å². The summed E-state index contributed by atoms with van der Waals surface area (Å²) < 4.78 is 1.95. The van der Waals surface area contributed by atoms with Crippen molar-refractivity contribution in [2.24, 2.45) is 0 Å². The minimum Gasteiger partial charge on any atom is -0.307 e. The summed E-state index contributed by atoms with van der Waals surface area (Å²) in [7, 11) is 0. The Morgan fingerprint density at radius 1 is 1.31 bits per heavy atom. The van der Waals surface area contributed by atoms with Crippen molar-refractivity contribution in [1.29, 1.82) is 0 Å². The molecule has 2 aromatic rings. The maximum atomic E-state index is 5.89. The number of pyridine rings is 1. The third-order valence-corrected chi connectivity index (χ3v) is 2.15. The summed E-state index contributed by atoms with van der Waals surface area (Å²) in [5, 5.41) is 0.767. The van der Waals surface area contributed by atoms with Crippen molar-refractivity contribution < 1.29 is 0 Å². The van der Waals surface area contributed by atoms with E-state index >= 15 is 0 Å². The maximum absolute atomic E-state index is 5.89. The first-order valence-electron chi connectivity index (χ1n) is 4.37. The van der Waals surface area contributed by atoms with Gasteiger partial charge in [0, 0.05) is 29.2 Å². The van der Waals surface area contributed by atoms with E-state index in [-0.39, 0.29) is 0 Å². The molecule has 0 radical (unpaired) electrons. The van der Waals surface area contributed by atoms with Crippen LogP contribution >= 0.6 is 11.6 Å². The van der Waals surface area contributed by atoms with Gasteiger partial charge >= 0.3 is 0 Å². The van der Waals surface area contributed by atoms with E-state index in [1.165, 1.54) is 0 Å². The standard InChI is InChI=1S/C8H7ClN2.C2H6/c1-6-7(9)2-4-11-5-3-10-8(6)11;1-2/h2-5H,1H3;1-2H3. The molecule has 0 aliphatic rings. The zero-order valence-electron chi connectivity index (χ0n) is 8.08. The Bertz CT molecular complexity index is 393. The summed E-state index contributed by atoms with van der Waals surface area (Å²) in [5.74, 6) is 0. The third-order valence-electron chi connectivity index (χ3n) is 1.74. The molecule has 0 N–H and O–H groups in total. The van der Waals surface area contributed by atoms with Crippen LogP contribution in [0.25, 0.3) is 5.65 Å². The van der Waals surface area contributed by atoms with Gasteiger partial charge in [-0.15, -0.1) is 0 Å². The number of aromatic nitrogens is 2. The molecule has 2 heterocycles. The number of imidazole rings is 1. The van der Waals surface area contributed by atoms with Crippen molar-refractivity contribution >= 4 is 17.2 Å². The first kappa shape index (κ1) is 10.1. The molecule has 70 valence electrons. The van der Waals surface area contributed by atoms with Gasteiger partial charge in [0.25, 0.3) is 0 Å². The molecule has 0 aliphatic heterocycles. The van der Waals surface area contributed by atoms with E-state index in [0.29, 0.717) is 0 Å². The molecule has 0 bridgehead atoms. The molecule has 13 heavy (non-hydrogen) atoms. The lowest BCUT2D eigenvalue weighted by Gasteiger charge is -1.98. The van der Waals surface area contributed by atoms with Crippen molar-refractivity contribution in [3.05, 3.63) is 35.2 Å². The molecule has 0 atom stereocenters. The van der Waals surface area contributed by atoms with Crippen molar-refractivity contribution in [2.45, 2.75) is 20.8 Å².